The van der Waals surface area contributed by atoms with Gasteiger partial charge < -0.3 is 14.2 Å². The summed E-state index contributed by atoms with van der Waals surface area (Å²) in [5.74, 6) is 0. The molecule has 4 heteroatoms. The summed E-state index contributed by atoms with van der Waals surface area (Å²) < 4.78 is 14.5. The van der Waals surface area contributed by atoms with Crippen molar-refractivity contribution in [2.75, 3.05) is 28.4 Å². The molecule has 0 heterocycles. The number of ether oxygens (including phenoxy) is 3. The van der Waals surface area contributed by atoms with Crippen LogP contribution in [0, 0.1) is 0 Å². The maximum atomic E-state index is 4.83. The van der Waals surface area contributed by atoms with Gasteiger partial charge in [0, 0.05) is 21.3 Å². The normalized spacial score (nSPS) is 12.0. The van der Waals surface area contributed by atoms with Crippen LogP contribution in [0.3, 0.4) is 0 Å². The lowest BCUT2D eigenvalue weighted by atomic mass is 10.9. The van der Waals surface area contributed by atoms with Gasteiger partial charge in [-0.1, -0.05) is 0 Å². The number of methoxy groups -OCH3 is 3. The predicted octanol–water partition coefficient (Wildman–Crippen LogP) is -0.244. The minimum Gasteiger partial charge on any atom is -0.318 e. The summed E-state index contributed by atoms with van der Waals surface area (Å²) in [5.41, 5.74) is 0. The fourth-order valence-corrected chi connectivity index (χ4v) is 0.556. The van der Waals surface area contributed by atoms with Crippen molar-refractivity contribution in [2.45, 2.75) is 6.10 Å². The van der Waals surface area contributed by atoms with Gasteiger partial charge in [-0.15, -0.1) is 0 Å². The first kappa shape index (κ1) is 8.84. The summed E-state index contributed by atoms with van der Waals surface area (Å²) >= 11 is 0. The molecule has 4 nitrogen and oxygen atoms in total. The zero-order chi connectivity index (χ0) is 7.33. The molecular formula is C5H13NO3. The molecule has 0 spiro atoms. The lowest BCUT2D eigenvalue weighted by Gasteiger charge is -2.26. The fraction of sp³-hybridized carbons (Fsp3) is 1.00. The summed E-state index contributed by atoms with van der Waals surface area (Å²) in [6, 6.07) is 0. The van der Waals surface area contributed by atoms with Crippen LogP contribution in [-0.2, 0) is 14.2 Å². The predicted molar refractivity (Wildman–Crippen MR) is 32.8 cm³/mol. The molecule has 0 aromatic rings. The van der Waals surface area contributed by atoms with Crippen LogP contribution < -0.4 is 5.32 Å². The van der Waals surface area contributed by atoms with E-state index in [2.05, 4.69) is 5.32 Å². The summed E-state index contributed by atoms with van der Waals surface area (Å²) in [6.45, 7) is 0. The molecule has 0 aliphatic rings. The van der Waals surface area contributed by atoms with Gasteiger partial charge in [0.2, 0.25) is 0 Å². The van der Waals surface area contributed by atoms with Crippen LogP contribution >= 0.6 is 0 Å². The van der Waals surface area contributed by atoms with Gasteiger partial charge in [-0.2, -0.15) is 0 Å². The van der Waals surface area contributed by atoms with Crippen LogP contribution in [0.1, 0.15) is 0 Å². The Labute approximate surface area is 55.1 Å². The summed E-state index contributed by atoms with van der Waals surface area (Å²) in [4.78, 5) is 0. The topological polar surface area (TPSA) is 39.7 Å². The minimum atomic E-state index is -1.08. The highest BCUT2D eigenvalue weighted by Crippen LogP contribution is 2.04. The zero-order valence-corrected chi connectivity index (χ0v) is 6.22. The van der Waals surface area contributed by atoms with E-state index in [1.165, 1.54) is 21.3 Å². The molecule has 0 amide bonds. The molecule has 0 aliphatic heterocycles. The molecule has 0 aromatic carbocycles. The van der Waals surface area contributed by atoms with Gasteiger partial charge in [-0.25, -0.2) is 5.32 Å². The summed E-state index contributed by atoms with van der Waals surface area (Å²) in [6.07, 6.45) is -1.08. The van der Waals surface area contributed by atoms with Gasteiger partial charge in [0.15, 0.2) is 0 Å². The van der Waals surface area contributed by atoms with Gasteiger partial charge in [0.25, 0.3) is 0 Å². The number of rotatable bonds is 4. The third-order valence-corrected chi connectivity index (χ3v) is 1.11. The zero-order valence-electron chi connectivity index (χ0n) is 6.22. The van der Waals surface area contributed by atoms with E-state index in [4.69, 9.17) is 14.2 Å². The van der Waals surface area contributed by atoms with Crippen molar-refractivity contribution in [1.29, 1.82) is 0 Å². The standard InChI is InChI=1S/C5H13NO3/c1-6-5(7-2,8-3)9-4/h6H,1-4H3. The van der Waals surface area contributed by atoms with Crippen molar-refractivity contribution in [3.8, 4) is 0 Å². The van der Waals surface area contributed by atoms with Crippen LogP contribution in [0.5, 0.6) is 0 Å². The maximum absolute atomic E-state index is 4.83. The second kappa shape index (κ2) is 3.79. The molecule has 56 valence electrons. The fourth-order valence-electron chi connectivity index (χ4n) is 0.556. The molecule has 0 radical (unpaired) electrons. The first-order chi connectivity index (χ1) is 4.24. The van der Waals surface area contributed by atoms with Crippen LogP contribution in [-0.4, -0.2) is 34.5 Å². The Hall–Kier alpha value is -0.160. The quantitative estimate of drug-likeness (QED) is 0.540. The Bertz CT molecular complexity index is 55.1. The molecule has 0 aromatic heterocycles. The van der Waals surface area contributed by atoms with Gasteiger partial charge >= 0.3 is 6.10 Å². The number of hydrogen-bond donors (Lipinski definition) is 1. The molecule has 9 heavy (non-hydrogen) atoms. The van der Waals surface area contributed by atoms with Crippen molar-refractivity contribution in [3.63, 3.8) is 0 Å². The van der Waals surface area contributed by atoms with Gasteiger partial charge in [0.1, 0.15) is 0 Å². The highest BCUT2D eigenvalue weighted by Gasteiger charge is 2.26. The summed E-state index contributed by atoms with van der Waals surface area (Å²) in [5, 5.41) is 2.70. The first-order valence-electron chi connectivity index (χ1n) is 2.59. The van der Waals surface area contributed by atoms with Crippen LogP contribution in [0.15, 0.2) is 0 Å². The molecule has 0 bridgehead atoms. The molecule has 0 saturated carbocycles. The van der Waals surface area contributed by atoms with Crippen LogP contribution in [0.4, 0.5) is 0 Å². The van der Waals surface area contributed by atoms with Gasteiger partial charge in [-0.3, -0.25) is 0 Å². The number of hydrogen-bond acceptors (Lipinski definition) is 4. The molecular weight excluding hydrogens is 122 g/mol. The lowest BCUT2D eigenvalue weighted by Crippen LogP contribution is -2.48. The van der Waals surface area contributed by atoms with Crippen molar-refractivity contribution in [3.05, 3.63) is 0 Å². The number of nitrogens with one attached hydrogen (secondary N) is 1. The van der Waals surface area contributed by atoms with Crippen LogP contribution in [0.25, 0.3) is 0 Å². The first-order valence-corrected chi connectivity index (χ1v) is 2.59. The Morgan fingerprint density at radius 2 is 1.33 bits per heavy atom. The molecule has 0 rings (SSSR count). The van der Waals surface area contributed by atoms with Gasteiger partial charge in [-0.05, 0) is 7.05 Å². The maximum Gasteiger partial charge on any atom is 0.349 e. The minimum absolute atomic E-state index is 1.08. The van der Waals surface area contributed by atoms with E-state index < -0.39 is 6.10 Å². The average Bonchev–Trinajstić information content (AvgIpc) is 1.95. The van der Waals surface area contributed by atoms with Crippen LogP contribution in [0.2, 0.25) is 0 Å². The Balaban J connectivity index is 3.82. The average molecular weight is 135 g/mol. The van der Waals surface area contributed by atoms with Crippen molar-refractivity contribution >= 4 is 0 Å². The lowest BCUT2D eigenvalue weighted by molar-refractivity contribution is -0.367. The Morgan fingerprint density at radius 3 is 1.33 bits per heavy atom. The third-order valence-electron chi connectivity index (χ3n) is 1.11. The second-order valence-corrected chi connectivity index (χ2v) is 1.42. The molecule has 0 saturated heterocycles. The summed E-state index contributed by atoms with van der Waals surface area (Å²) in [7, 11) is 6.15. The van der Waals surface area contributed by atoms with E-state index >= 15 is 0 Å². The third kappa shape index (κ3) is 1.91. The Morgan fingerprint density at radius 1 is 1.00 bits per heavy atom. The van der Waals surface area contributed by atoms with E-state index in [0.29, 0.717) is 0 Å². The molecule has 0 atom stereocenters. The van der Waals surface area contributed by atoms with Crippen molar-refractivity contribution in [1.82, 2.24) is 5.32 Å². The Kier molecular flexibility index (Phi) is 3.72. The molecule has 0 fully saturated rings. The van der Waals surface area contributed by atoms with E-state index in [-0.39, 0.29) is 0 Å². The van der Waals surface area contributed by atoms with E-state index in [1.54, 1.807) is 7.05 Å². The van der Waals surface area contributed by atoms with Crippen molar-refractivity contribution < 1.29 is 14.2 Å². The van der Waals surface area contributed by atoms with Gasteiger partial charge in [0.05, 0.1) is 0 Å². The molecule has 0 aliphatic carbocycles. The highest BCUT2D eigenvalue weighted by atomic mass is 16.9. The molecule has 1 N–H and O–H groups in total. The second-order valence-electron chi connectivity index (χ2n) is 1.42. The molecule has 0 unspecified atom stereocenters. The smallest absolute Gasteiger partial charge is 0.318 e. The SMILES string of the molecule is CNC(OC)(OC)OC. The van der Waals surface area contributed by atoms with E-state index in [0.717, 1.165) is 0 Å². The van der Waals surface area contributed by atoms with E-state index in [1.807, 2.05) is 0 Å². The largest absolute Gasteiger partial charge is 0.349 e. The van der Waals surface area contributed by atoms with E-state index in [9.17, 15) is 0 Å². The highest BCUT2D eigenvalue weighted by molar-refractivity contribution is 4.43. The monoisotopic (exact) mass is 135 g/mol. The van der Waals surface area contributed by atoms with Crippen molar-refractivity contribution in [2.24, 2.45) is 0 Å².